The fourth-order valence-electron chi connectivity index (χ4n) is 2.85. The summed E-state index contributed by atoms with van der Waals surface area (Å²) in [6, 6.07) is 6.69. The largest absolute Gasteiger partial charge is 0.496 e. The third-order valence-electron chi connectivity index (χ3n) is 4.07. The lowest BCUT2D eigenvalue weighted by atomic mass is 9.86. The van der Waals surface area contributed by atoms with E-state index in [1.807, 2.05) is 6.07 Å². The molecule has 21 heavy (non-hydrogen) atoms. The molecule has 2 unspecified atom stereocenters. The molecule has 0 spiro atoms. The monoisotopic (exact) mass is 355 g/mol. The second-order valence-electron chi connectivity index (χ2n) is 5.63. The van der Waals surface area contributed by atoms with Gasteiger partial charge in [-0.1, -0.05) is 56.0 Å². The zero-order valence-electron chi connectivity index (χ0n) is 13.9. The zero-order valence-corrected chi connectivity index (χ0v) is 15.5. The van der Waals surface area contributed by atoms with Crippen molar-refractivity contribution >= 4 is 15.9 Å². The minimum Gasteiger partial charge on any atom is -0.496 e. The van der Waals surface area contributed by atoms with Crippen LogP contribution in [0.4, 0.5) is 0 Å². The predicted molar refractivity (Wildman–Crippen MR) is 95.0 cm³/mol. The molecule has 0 bridgehead atoms. The Labute approximate surface area is 138 Å². The van der Waals surface area contributed by atoms with E-state index in [0.29, 0.717) is 12.0 Å². The minimum atomic E-state index is 0.369. The molecule has 0 heterocycles. The highest BCUT2D eigenvalue weighted by Gasteiger charge is 2.24. The van der Waals surface area contributed by atoms with E-state index in [4.69, 9.17) is 4.74 Å². The summed E-state index contributed by atoms with van der Waals surface area (Å²) in [5.41, 5.74) is 1.28. The molecular weight excluding hydrogens is 326 g/mol. The standard InChI is InChI=1S/C18H30BrNO/c1-5-8-9-14(7-3)18(20-12-6-2)16-13-15(19)10-11-17(16)21-4/h10-11,13-14,18,20H,5-9,12H2,1-4H3. The van der Waals surface area contributed by atoms with Crippen LogP contribution in [-0.2, 0) is 0 Å². The van der Waals surface area contributed by atoms with Gasteiger partial charge in [-0.2, -0.15) is 0 Å². The average molecular weight is 356 g/mol. The van der Waals surface area contributed by atoms with Gasteiger partial charge in [0.25, 0.3) is 0 Å². The smallest absolute Gasteiger partial charge is 0.123 e. The van der Waals surface area contributed by atoms with Crippen molar-refractivity contribution in [1.82, 2.24) is 5.32 Å². The van der Waals surface area contributed by atoms with E-state index in [1.165, 1.54) is 31.2 Å². The number of ether oxygens (including phenoxy) is 1. The molecule has 1 aromatic carbocycles. The summed E-state index contributed by atoms with van der Waals surface area (Å²) < 4.78 is 6.72. The van der Waals surface area contributed by atoms with Gasteiger partial charge in [0, 0.05) is 16.1 Å². The van der Waals surface area contributed by atoms with Gasteiger partial charge in [0.15, 0.2) is 0 Å². The normalized spacial score (nSPS) is 14.0. The van der Waals surface area contributed by atoms with Crippen molar-refractivity contribution < 1.29 is 4.74 Å². The van der Waals surface area contributed by atoms with E-state index in [-0.39, 0.29) is 0 Å². The van der Waals surface area contributed by atoms with Crippen molar-refractivity contribution in [2.75, 3.05) is 13.7 Å². The molecule has 0 saturated heterocycles. The van der Waals surface area contributed by atoms with Crippen LogP contribution in [0, 0.1) is 5.92 Å². The topological polar surface area (TPSA) is 21.3 Å². The highest BCUT2D eigenvalue weighted by molar-refractivity contribution is 9.10. The van der Waals surface area contributed by atoms with Gasteiger partial charge in [0.2, 0.25) is 0 Å². The van der Waals surface area contributed by atoms with Crippen LogP contribution in [0.5, 0.6) is 5.75 Å². The molecule has 0 aromatic heterocycles. The van der Waals surface area contributed by atoms with E-state index < -0.39 is 0 Å². The van der Waals surface area contributed by atoms with Gasteiger partial charge in [-0.3, -0.25) is 0 Å². The first-order valence-corrected chi connectivity index (χ1v) is 9.03. The molecule has 0 fully saturated rings. The van der Waals surface area contributed by atoms with Crippen molar-refractivity contribution in [3.05, 3.63) is 28.2 Å². The lowest BCUT2D eigenvalue weighted by Gasteiger charge is -2.29. The molecule has 0 amide bonds. The number of benzene rings is 1. The molecule has 1 aromatic rings. The Morgan fingerprint density at radius 2 is 1.95 bits per heavy atom. The van der Waals surface area contributed by atoms with Crippen molar-refractivity contribution in [3.63, 3.8) is 0 Å². The quantitative estimate of drug-likeness (QED) is 0.579. The molecule has 0 radical (unpaired) electrons. The van der Waals surface area contributed by atoms with Crippen molar-refractivity contribution in [1.29, 1.82) is 0 Å². The first kappa shape index (κ1) is 18.5. The number of methoxy groups -OCH3 is 1. The Hall–Kier alpha value is -0.540. The van der Waals surface area contributed by atoms with E-state index in [1.54, 1.807) is 7.11 Å². The van der Waals surface area contributed by atoms with Crippen molar-refractivity contribution in [2.24, 2.45) is 5.92 Å². The molecule has 0 aliphatic rings. The Bertz CT molecular complexity index is 408. The molecule has 2 atom stereocenters. The summed E-state index contributed by atoms with van der Waals surface area (Å²) in [4.78, 5) is 0. The Morgan fingerprint density at radius 1 is 1.19 bits per heavy atom. The summed E-state index contributed by atoms with van der Waals surface area (Å²) in [6.45, 7) is 7.82. The Kier molecular flexibility index (Phi) is 9.02. The van der Waals surface area contributed by atoms with Gasteiger partial charge in [0.1, 0.15) is 5.75 Å². The van der Waals surface area contributed by atoms with E-state index in [2.05, 4.69) is 54.2 Å². The molecular formula is C18H30BrNO. The number of hydrogen-bond acceptors (Lipinski definition) is 2. The van der Waals surface area contributed by atoms with E-state index >= 15 is 0 Å². The maximum absolute atomic E-state index is 5.60. The van der Waals surface area contributed by atoms with E-state index in [9.17, 15) is 0 Å². The third-order valence-corrected chi connectivity index (χ3v) is 4.56. The molecule has 120 valence electrons. The maximum Gasteiger partial charge on any atom is 0.123 e. The van der Waals surface area contributed by atoms with Crippen molar-refractivity contribution in [3.8, 4) is 5.75 Å². The van der Waals surface area contributed by atoms with Crippen LogP contribution >= 0.6 is 15.9 Å². The predicted octanol–water partition coefficient (Wildman–Crippen LogP) is 5.71. The molecule has 0 aliphatic heterocycles. The van der Waals surface area contributed by atoms with Gasteiger partial charge < -0.3 is 10.1 Å². The maximum atomic E-state index is 5.60. The SMILES string of the molecule is CCCCC(CC)C(NCCC)c1cc(Br)ccc1OC. The number of unbranched alkanes of at least 4 members (excludes halogenated alkanes) is 1. The second-order valence-corrected chi connectivity index (χ2v) is 6.54. The van der Waals surface area contributed by atoms with Crippen LogP contribution in [0.15, 0.2) is 22.7 Å². The average Bonchev–Trinajstić information content (AvgIpc) is 2.50. The zero-order chi connectivity index (χ0) is 15.7. The van der Waals surface area contributed by atoms with Gasteiger partial charge in [-0.05, 0) is 43.5 Å². The summed E-state index contributed by atoms with van der Waals surface area (Å²) in [5, 5.41) is 3.75. The summed E-state index contributed by atoms with van der Waals surface area (Å²) >= 11 is 3.60. The number of hydrogen-bond donors (Lipinski definition) is 1. The van der Waals surface area contributed by atoms with Gasteiger partial charge in [-0.25, -0.2) is 0 Å². The lowest BCUT2D eigenvalue weighted by molar-refractivity contribution is 0.311. The van der Waals surface area contributed by atoms with Crippen LogP contribution in [-0.4, -0.2) is 13.7 Å². The fraction of sp³-hybridized carbons (Fsp3) is 0.667. The fourth-order valence-corrected chi connectivity index (χ4v) is 3.23. The van der Waals surface area contributed by atoms with Crippen LogP contribution in [0.25, 0.3) is 0 Å². The minimum absolute atomic E-state index is 0.369. The first-order chi connectivity index (χ1) is 10.2. The van der Waals surface area contributed by atoms with Crippen molar-refractivity contribution in [2.45, 2.75) is 58.9 Å². The first-order valence-electron chi connectivity index (χ1n) is 8.24. The summed E-state index contributed by atoms with van der Waals surface area (Å²) in [6.07, 6.45) is 6.16. The summed E-state index contributed by atoms with van der Waals surface area (Å²) in [5.74, 6) is 1.64. The van der Waals surface area contributed by atoms with Gasteiger partial charge >= 0.3 is 0 Å². The Balaban J connectivity index is 3.07. The van der Waals surface area contributed by atoms with Gasteiger partial charge in [-0.15, -0.1) is 0 Å². The van der Waals surface area contributed by atoms with E-state index in [0.717, 1.165) is 23.2 Å². The highest BCUT2D eigenvalue weighted by Crippen LogP contribution is 2.36. The molecule has 3 heteroatoms. The molecule has 2 nitrogen and oxygen atoms in total. The van der Waals surface area contributed by atoms with Crippen LogP contribution in [0.1, 0.15) is 64.5 Å². The molecule has 0 aliphatic carbocycles. The molecule has 1 rings (SSSR count). The van der Waals surface area contributed by atoms with Crippen LogP contribution < -0.4 is 10.1 Å². The lowest BCUT2D eigenvalue weighted by Crippen LogP contribution is -2.29. The number of rotatable bonds is 10. The summed E-state index contributed by atoms with van der Waals surface area (Å²) in [7, 11) is 1.76. The van der Waals surface area contributed by atoms with Crippen LogP contribution in [0.3, 0.4) is 0 Å². The number of halogens is 1. The molecule has 0 saturated carbocycles. The Morgan fingerprint density at radius 3 is 2.52 bits per heavy atom. The van der Waals surface area contributed by atoms with Crippen LogP contribution in [0.2, 0.25) is 0 Å². The molecule has 1 N–H and O–H groups in total. The highest BCUT2D eigenvalue weighted by atomic mass is 79.9. The third kappa shape index (κ3) is 5.63. The second kappa shape index (κ2) is 10.2. The number of nitrogens with one attached hydrogen (secondary N) is 1. The van der Waals surface area contributed by atoms with Gasteiger partial charge in [0.05, 0.1) is 7.11 Å².